The van der Waals surface area contributed by atoms with Crippen molar-refractivity contribution in [3.05, 3.63) is 29.3 Å². The van der Waals surface area contributed by atoms with E-state index in [9.17, 15) is 8.42 Å². The average molecular weight is 313 g/mol. The first-order valence-corrected chi connectivity index (χ1v) is 8.94. The third kappa shape index (κ3) is 5.39. The maximum atomic E-state index is 12.2. The lowest BCUT2D eigenvalue weighted by Gasteiger charge is -2.17. The number of nitrogens with two attached hydrogens (primary N) is 1. The van der Waals surface area contributed by atoms with Crippen molar-refractivity contribution in [2.45, 2.75) is 38.6 Å². The van der Waals surface area contributed by atoms with Gasteiger partial charge in [0.15, 0.2) is 0 Å². The Labute approximate surface area is 128 Å². The topological polar surface area (TPSA) is 75.4 Å². The Bertz CT molecular complexity index is 540. The molecule has 0 saturated heterocycles. The van der Waals surface area contributed by atoms with Gasteiger partial charge in [0.25, 0.3) is 0 Å². The Hall–Kier alpha value is -0.950. The number of nitrogens with one attached hydrogen (secondary N) is 1. The molecule has 0 bridgehead atoms. The highest BCUT2D eigenvalue weighted by Crippen LogP contribution is 2.15. The Morgan fingerprint density at radius 2 is 1.90 bits per heavy atom. The molecule has 1 rings (SSSR count). The SMILES string of the molecule is CCN(CC)CCCNS(=O)(=O)c1ccc(C)c(CN)c1. The number of hydrogen-bond acceptors (Lipinski definition) is 4. The lowest BCUT2D eigenvalue weighted by Crippen LogP contribution is -2.30. The van der Waals surface area contributed by atoms with E-state index in [1.54, 1.807) is 18.2 Å². The summed E-state index contributed by atoms with van der Waals surface area (Å²) in [4.78, 5) is 2.56. The Morgan fingerprint density at radius 3 is 2.48 bits per heavy atom. The second-order valence-corrected chi connectivity index (χ2v) is 6.84. The summed E-state index contributed by atoms with van der Waals surface area (Å²) in [7, 11) is -3.45. The number of sulfonamides is 1. The predicted octanol–water partition coefficient (Wildman–Crippen LogP) is 1.46. The van der Waals surface area contributed by atoms with Crippen LogP contribution in [0.1, 0.15) is 31.4 Å². The van der Waals surface area contributed by atoms with Crippen LogP contribution in [0.15, 0.2) is 23.1 Å². The van der Waals surface area contributed by atoms with E-state index in [0.29, 0.717) is 13.1 Å². The highest BCUT2D eigenvalue weighted by atomic mass is 32.2. The normalized spacial score (nSPS) is 12.0. The fraction of sp³-hybridized carbons (Fsp3) is 0.600. The first-order valence-electron chi connectivity index (χ1n) is 7.46. The summed E-state index contributed by atoms with van der Waals surface area (Å²) < 4.78 is 27.1. The fourth-order valence-electron chi connectivity index (χ4n) is 2.17. The van der Waals surface area contributed by atoms with Crippen molar-refractivity contribution in [1.29, 1.82) is 0 Å². The lowest BCUT2D eigenvalue weighted by molar-refractivity contribution is 0.300. The minimum absolute atomic E-state index is 0.288. The largest absolute Gasteiger partial charge is 0.326 e. The van der Waals surface area contributed by atoms with Gasteiger partial charge in [0.1, 0.15) is 0 Å². The van der Waals surface area contributed by atoms with Gasteiger partial charge in [-0.1, -0.05) is 19.9 Å². The predicted molar refractivity (Wildman–Crippen MR) is 86.7 cm³/mol. The van der Waals surface area contributed by atoms with Crippen LogP contribution in [0, 0.1) is 6.92 Å². The molecule has 6 heteroatoms. The second kappa shape index (κ2) is 8.48. The average Bonchev–Trinajstić information content (AvgIpc) is 2.47. The fourth-order valence-corrected chi connectivity index (χ4v) is 3.29. The Balaban J connectivity index is 2.61. The summed E-state index contributed by atoms with van der Waals surface area (Å²) in [6.07, 6.45) is 0.802. The summed E-state index contributed by atoms with van der Waals surface area (Å²) in [5, 5.41) is 0. The third-order valence-electron chi connectivity index (χ3n) is 3.69. The molecular weight excluding hydrogens is 286 g/mol. The van der Waals surface area contributed by atoms with Crippen LogP contribution in [-0.4, -0.2) is 39.5 Å². The van der Waals surface area contributed by atoms with E-state index in [2.05, 4.69) is 23.5 Å². The minimum atomic E-state index is -3.45. The molecule has 3 N–H and O–H groups in total. The van der Waals surface area contributed by atoms with Crippen molar-refractivity contribution in [3.8, 4) is 0 Å². The van der Waals surface area contributed by atoms with Gasteiger partial charge in [-0.2, -0.15) is 0 Å². The molecule has 5 nitrogen and oxygen atoms in total. The van der Waals surface area contributed by atoms with Gasteiger partial charge >= 0.3 is 0 Å². The van der Waals surface area contributed by atoms with Crippen LogP contribution in [0.2, 0.25) is 0 Å². The Morgan fingerprint density at radius 1 is 1.24 bits per heavy atom. The standard InChI is InChI=1S/C15H27N3O2S/c1-4-18(5-2)10-6-9-17-21(19,20)15-8-7-13(3)14(11-15)12-16/h7-8,11,17H,4-6,9-10,12,16H2,1-3H3. The molecule has 21 heavy (non-hydrogen) atoms. The van der Waals surface area contributed by atoms with Gasteiger partial charge in [-0.3, -0.25) is 0 Å². The van der Waals surface area contributed by atoms with E-state index in [-0.39, 0.29) is 4.90 Å². The zero-order valence-corrected chi connectivity index (χ0v) is 14.0. The van der Waals surface area contributed by atoms with E-state index < -0.39 is 10.0 Å². The van der Waals surface area contributed by atoms with Gasteiger partial charge in [-0.05, 0) is 56.2 Å². The molecule has 0 fully saturated rings. The molecule has 0 aliphatic heterocycles. The molecule has 0 spiro atoms. The Kier molecular flexibility index (Phi) is 7.31. The molecule has 0 aliphatic carbocycles. The zero-order valence-electron chi connectivity index (χ0n) is 13.2. The molecule has 1 aromatic rings. The molecule has 0 atom stereocenters. The molecule has 0 amide bonds. The maximum Gasteiger partial charge on any atom is 0.240 e. The molecule has 0 saturated carbocycles. The number of rotatable bonds is 9. The van der Waals surface area contributed by atoms with E-state index in [0.717, 1.165) is 37.2 Å². The summed E-state index contributed by atoms with van der Waals surface area (Å²) in [6, 6.07) is 5.08. The maximum absolute atomic E-state index is 12.2. The quantitative estimate of drug-likeness (QED) is 0.677. The van der Waals surface area contributed by atoms with Gasteiger partial charge in [0.05, 0.1) is 4.90 Å². The van der Waals surface area contributed by atoms with Crippen LogP contribution in [-0.2, 0) is 16.6 Å². The van der Waals surface area contributed by atoms with E-state index >= 15 is 0 Å². The molecule has 0 radical (unpaired) electrons. The molecule has 120 valence electrons. The van der Waals surface area contributed by atoms with Crippen LogP contribution in [0.5, 0.6) is 0 Å². The van der Waals surface area contributed by atoms with Crippen LogP contribution in [0.25, 0.3) is 0 Å². The number of hydrogen-bond donors (Lipinski definition) is 2. The second-order valence-electron chi connectivity index (χ2n) is 5.07. The van der Waals surface area contributed by atoms with Crippen molar-refractivity contribution in [2.75, 3.05) is 26.2 Å². The minimum Gasteiger partial charge on any atom is -0.326 e. The van der Waals surface area contributed by atoms with E-state index in [4.69, 9.17) is 5.73 Å². The summed E-state index contributed by atoms with van der Waals surface area (Å²) in [5.41, 5.74) is 7.50. The van der Waals surface area contributed by atoms with Crippen molar-refractivity contribution in [3.63, 3.8) is 0 Å². The zero-order chi connectivity index (χ0) is 15.9. The van der Waals surface area contributed by atoms with Crippen LogP contribution >= 0.6 is 0 Å². The number of nitrogens with zero attached hydrogens (tertiary/aromatic N) is 1. The van der Waals surface area contributed by atoms with Crippen LogP contribution < -0.4 is 10.5 Å². The van der Waals surface area contributed by atoms with Gasteiger partial charge in [-0.25, -0.2) is 13.1 Å². The smallest absolute Gasteiger partial charge is 0.240 e. The third-order valence-corrected chi connectivity index (χ3v) is 5.15. The summed E-state index contributed by atoms with van der Waals surface area (Å²) in [5.74, 6) is 0. The molecule has 0 heterocycles. The summed E-state index contributed by atoms with van der Waals surface area (Å²) in [6.45, 7) is 9.81. The van der Waals surface area contributed by atoms with Crippen LogP contribution in [0.3, 0.4) is 0 Å². The van der Waals surface area contributed by atoms with E-state index in [1.807, 2.05) is 6.92 Å². The molecular formula is C15H27N3O2S. The highest BCUT2D eigenvalue weighted by molar-refractivity contribution is 7.89. The first-order chi connectivity index (χ1) is 9.94. The first kappa shape index (κ1) is 18.1. The van der Waals surface area contributed by atoms with Crippen molar-refractivity contribution >= 4 is 10.0 Å². The van der Waals surface area contributed by atoms with Gasteiger partial charge in [0, 0.05) is 13.1 Å². The molecule has 0 aliphatic rings. The van der Waals surface area contributed by atoms with Crippen molar-refractivity contribution in [2.24, 2.45) is 5.73 Å². The summed E-state index contributed by atoms with van der Waals surface area (Å²) >= 11 is 0. The van der Waals surface area contributed by atoms with Gasteiger partial charge in [0.2, 0.25) is 10.0 Å². The molecule has 1 aromatic carbocycles. The van der Waals surface area contributed by atoms with Crippen molar-refractivity contribution < 1.29 is 8.42 Å². The molecule has 0 aromatic heterocycles. The number of aryl methyl sites for hydroxylation is 1. The van der Waals surface area contributed by atoms with Crippen molar-refractivity contribution in [1.82, 2.24) is 9.62 Å². The molecule has 0 unspecified atom stereocenters. The van der Waals surface area contributed by atoms with Crippen LogP contribution in [0.4, 0.5) is 0 Å². The highest BCUT2D eigenvalue weighted by Gasteiger charge is 2.14. The monoisotopic (exact) mass is 313 g/mol. The number of benzene rings is 1. The van der Waals surface area contributed by atoms with Gasteiger partial charge in [-0.15, -0.1) is 0 Å². The van der Waals surface area contributed by atoms with E-state index in [1.165, 1.54) is 0 Å². The lowest BCUT2D eigenvalue weighted by atomic mass is 10.1. The van der Waals surface area contributed by atoms with Gasteiger partial charge < -0.3 is 10.6 Å².